The lowest BCUT2D eigenvalue weighted by Crippen LogP contribution is -2.36. The van der Waals surface area contributed by atoms with Crippen LogP contribution in [0.25, 0.3) is 0 Å². The molecule has 122 valence electrons. The van der Waals surface area contributed by atoms with Crippen LogP contribution in [0.3, 0.4) is 0 Å². The van der Waals surface area contributed by atoms with E-state index in [-0.39, 0.29) is 5.91 Å². The zero-order valence-electron chi connectivity index (χ0n) is 14.0. The first-order valence-electron chi connectivity index (χ1n) is 7.68. The summed E-state index contributed by atoms with van der Waals surface area (Å²) in [6.07, 6.45) is 0. The van der Waals surface area contributed by atoms with Crippen molar-refractivity contribution in [1.82, 2.24) is 9.80 Å². The van der Waals surface area contributed by atoms with Crippen molar-refractivity contribution in [3.8, 4) is 5.75 Å². The Balaban J connectivity index is 1.86. The molecule has 0 aliphatic rings. The number of amides is 1. The van der Waals surface area contributed by atoms with E-state index in [1.54, 1.807) is 12.0 Å². The standard InChI is InChI=1S/C19H24N2O2/c1-20(13-16-8-5-4-6-9-16)15-19(22)21(2)14-17-10-7-11-18(12-17)23-3/h4-12H,13-15H2,1-3H3. The van der Waals surface area contributed by atoms with Crippen LogP contribution in [0.4, 0.5) is 0 Å². The number of rotatable bonds is 7. The highest BCUT2D eigenvalue weighted by molar-refractivity contribution is 5.78. The molecule has 0 aliphatic carbocycles. The van der Waals surface area contributed by atoms with Crippen LogP contribution in [0.5, 0.6) is 5.75 Å². The average Bonchev–Trinajstić information content (AvgIpc) is 2.55. The minimum Gasteiger partial charge on any atom is -0.497 e. The fraction of sp³-hybridized carbons (Fsp3) is 0.316. The lowest BCUT2D eigenvalue weighted by Gasteiger charge is -2.22. The van der Waals surface area contributed by atoms with Crippen molar-refractivity contribution >= 4 is 5.91 Å². The molecule has 2 aromatic rings. The molecule has 0 saturated heterocycles. The quantitative estimate of drug-likeness (QED) is 0.788. The fourth-order valence-electron chi connectivity index (χ4n) is 2.44. The number of carbonyl (C=O) groups is 1. The van der Waals surface area contributed by atoms with Crippen molar-refractivity contribution in [2.24, 2.45) is 0 Å². The Hall–Kier alpha value is -2.33. The molecular formula is C19H24N2O2. The summed E-state index contributed by atoms with van der Waals surface area (Å²) in [5.41, 5.74) is 2.27. The molecule has 0 aliphatic heterocycles. The molecule has 0 unspecified atom stereocenters. The Morgan fingerprint density at radius 1 is 0.957 bits per heavy atom. The molecule has 0 aromatic heterocycles. The maximum atomic E-state index is 12.4. The summed E-state index contributed by atoms with van der Waals surface area (Å²) in [6, 6.07) is 18.0. The van der Waals surface area contributed by atoms with E-state index in [4.69, 9.17) is 4.74 Å². The number of ether oxygens (including phenoxy) is 1. The summed E-state index contributed by atoms with van der Waals surface area (Å²) in [6.45, 7) is 1.74. The number of likely N-dealkylation sites (N-methyl/N-ethyl adjacent to an activating group) is 2. The SMILES string of the molecule is COc1cccc(CN(C)C(=O)CN(C)Cc2ccccc2)c1. The summed E-state index contributed by atoms with van der Waals surface area (Å²) in [5, 5.41) is 0. The van der Waals surface area contributed by atoms with E-state index in [0.29, 0.717) is 13.1 Å². The molecular weight excluding hydrogens is 288 g/mol. The van der Waals surface area contributed by atoms with Gasteiger partial charge in [-0.3, -0.25) is 9.69 Å². The number of nitrogens with zero attached hydrogens (tertiary/aromatic N) is 2. The van der Waals surface area contributed by atoms with Crippen molar-refractivity contribution in [2.75, 3.05) is 27.7 Å². The lowest BCUT2D eigenvalue weighted by molar-refractivity contribution is -0.131. The number of methoxy groups -OCH3 is 1. The van der Waals surface area contributed by atoms with Crippen LogP contribution in [-0.4, -0.2) is 43.5 Å². The van der Waals surface area contributed by atoms with E-state index < -0.39 is 0 Å². The minimum atomic E-state index is 0.103. The van der Waals surface area contributed by atoms with E-state index in [1.165, 1.54) is 5.56 Å². The van der Waals surface area contributed by atoms with Gasteiger partial charge in [0.05, 0.1) is 13.7 Å². The van der Waals surface area contributed by atoms with Crippen LogP contribution in [-0.2, 0) is 17.9 Å². The Kier molecular flexibility index (Phi) is 6.18. The largest absolute Gasteiger partial charge is 0.497 e. The van der Waals surface area contributed by atoms with Crippen LogP contribution in [0.2, 0.25) is 0 Å². The molecule has 0 N–H and O–H groups in total. The monoisotopic (exact) mass is 312 g/mol. The first-order chi connectivity index (χ1) is 11.1. The molecule has 23 heavy (non-hydrogen) atoms. The highest BCUT2D eigenvalue weighted by Crippen LogP contribution is 2.14. The number of carbonyl (C=O) groups excluding carboxylic acids is 1. The third-order valence-corrected chi connectivity index (χ3v) is 3.68. The summed E-state index contributed by atoms with van der Waals surface area (Å²) in [4.78, 5) is 16.1. The molecule has 0 fully saturated rings. The fourth-order valence-corrected chi connectivity index (χ4v) is 2.44. The molecule has 0 saturated carbocycles. The van der Waals surface area contributed by atoms with Crippen LogP contribution in [0.15, 0.2) is 54.6 Å². The normalized spacial score (nSPS) is 10.6. The number of hydrogen-bond donors (Lipinski definition) is 0. The van der Waals surface area contributed by atoms with Gasteiger partial charge in [-0.05, 0) is 30.3 Å². The predicted molar refractivity (Wildman–Crippen MR) is 92.2 cm³/mol. The maximum Gasteiger partial charge on any atom is 0.236 e. The van der Waals surface area contributed by atoms with Crippen molar-refractivity contribution in [1.29, 1.82) is 0 Å². The molecule has 2 rings (SSSR count). The van der Waals surface area contributed by atoms with Gasteiger partial charge < -0.3 is 9.64 Å². The first-order valence-corrected chi connectivity index (χ1v) is 7.68. The van der Waals surface area contributed by atoms with Gasteiger partial charge in [0.2, 0.25) is 5.91 Å². The van der Waals surface area contributed by atoms with Crippen LogP contribution < -0.4 is 4.74 Å². The van der Waals surface area contributed by atoms with Gasteiger partial charge in [0.25, 0.3) is 0 Å². The van der Waals surface area contributed by atoms with Crippen molar-refractivity contribution in [2.45, 2.75) is 13.1 Å². The topological polar surface area (TPSA) is 32.8 Å². The van der Waals surface area contributed by atoms with E-state index in [2.05, 4.69) is 12.1 Å². The zero-order valence-corrected chi connectivity index (χ0v) is 14.0. The summed E-state index contributed by atoms with van der Waals surface area (Å²) >= 11 is 0. The minimum absolute atomic E-state index is 0.103. The van der Waals surface area contributed by atoms with E-state index in [9.17, 15) is 4.79 Å². The third-order valence-electron chi connectivity index (χ3n) is 3.68. The average molecular weight is 312 g/mol. The third kappa shape index (κ3) is 5.42. The summed E-state index contributed by atoms with van der Waals surface area (Å²) < 4.78 is 5.22. The lowest BCUT2D eigenvalue weighted by atomic mass is 10.2. The van der Waals surface area contributed by atoms with Crippen molar-refractivity contribution < 1.29 is 9.53 Å². The van der Waals surface area contributed by atoms with Gasteiger partial charge in [-0.15, -0.1) is 0 Å². The van der Waals surface area contributed by atoms with Crippen LogP contribution in [0.1, 0.15) is 11.1 Å². The molecule has 0 atom stereocenters. The maximum absolute atomic E-state index is 12.4. The molecule has 4 nitrogen and oxygen atoms in total. The molecule has 4 heteroatoms. The van der Waals surface area contributed by atoms with Crippen LogP contribution in [0, 0.1) is 0 Å². The van der Waals surface area contributed by atoms with E-state index in [1.807, 2.05) is 61.5 Å². The Labute approximate surface area is 138 Å². The molecule has 2 aromatic carbocycles. The van der Waals surface area contributed by atoms with Gasteiger partial charge in [-0.25, -0.2) is 0 Å². The first kappa shape index (κ1) is 17.0. The Morgan fingerprint density at radius 2 is 1.65 bits per heavy atom. The van der Waals surface area contributed by atoms with E-state index in [0.717, 1.165) is 17.9 Å². The zero-order chi connectivity index (χ0) is 16.7. The van der Waals surface area contributed by atoms with Gasteiger partial charge in [0, 0.05) is 20.1 Å². The van der Waals surface area contributed by atoms with Gasteiger partial charge in [0.15, 0.2) is 0 Å². The molecule has 0 radical (unpaired) electrons. The van der Waals surface area contributed by atoms with Crippen molar-refractivity contribution in [3.63, 3.8) is 0 Å². The van der Waals surface area contributed by atoms with Gasteiger partial charge in [0.1, 0.15) is 5.75 Å². The highest BCUT2D eigenvalue weighted by atomic mass is 16.5. The Morgan fingerprint density at radius 3 is 2.35 bits per heavy atom. The number of benzene rings is 2. The molecule has 0 bridgehead atoms. The van der Waals surface area contributed by atoms with E-state index >= 15 is 0 Å². The second kappa shape index (κ2) is 8.34. The summed E-state index contributed by atoms with van der Waals surface area (Å²) in [7, 11) is 5.44. The molecule has 0 heterocycles. The van der Waals surface area contributed by atoms with Gasteiger partial charge in [-0.1, -0.05) is 42.5 Å². The smallest absolute Gasteiger partial charge is 0.236 e. The Bertz CT molecular complexity index is 628. The summed E-state index contributed by atoms with van der Waals surface area (Å²) in [5.74, 6) is 0.913. The van der Waals surface area contributed by atoms with Gasteiger partial charge in [-0.2, -0.15) is 0 Å². The van der Waals surface area contributed by atoms with Crippen LogP contribution >= 0.6 is 0 Å². The second-order valence-electron chi connectivity index (χ2n) is 5.76. The second-order valence-corrected chi connectivity index (χ2v) is 5.76. The van der Waals surface area contributed by atoms with Crippen molar-refractivity contribution in [3.05, 3.63) is 65.7 Å². The molecule has 0 spiro atoms. The molecule has 1 amide bonds. The van der Waals surface area contributed by atoms with Gasteiger partial charge >= 0.3 is 0 Å². The predicted octanol–water partition coefficient (Wildman–Crippen LogP) is 2.79. The number of hydrogen-bond acceptors (Lipinski definition) is 3. The highest BCUT2D eigenvalue weighted by Gasteiger charge is 2.12.